The fourth-order valence-corrected chi connectivity index (χ4v) is 2.24. The molecular weight excluding hydrogens is 230 g/mol. The minimum atomic E-state index is -0.349. The number of esters is 1. The second-order valence-corrected chi connectivity index (χ2v) is 4.62. The predicted octanol–water partition coefficient (Wildman–Crippen LogP) is 2.77. The third-order valence-electron chi connectivity index (χ3n) is 3.31. The number of carbonyl (C=O) groups excluding carboxylic acids is 1. The summed E-state index contributed by atoms with van der Waals surface area (Å²) in [4.78, 5) is 12.0. The van der Waals surface area contributed by atoms with Crippen LogP contribution in [-0.4, -0.2) is 19.2 Å². The van der Waals surface area contributed by atoms with Gasteiger partial charge in [0.2, 0.25) is 0 Å². The zero-order valence-corrected chi connectivity index (χ0v) is 10.6. The van der Waals surface area contributed by atoms with Crippen LogP contribution in [0.1, 0.15) is 42.5 Å². The van der Waals surface area contributed by atoms with Gasteiger partial charge in [-0.05, 0) is 43.9 Å². The number of anilines is 1. The van der Waals surface area contributed by atoms with Crippen LogP contribution in [0.25, 0.3) is 0 Å². The van der Waals surface area contributed by atoms with Gasteiger partial charge in [-0.3, -0.25) is 0 Å². The summed E-state index contributed by atoms with van der Waals surface area (Å²) in [6.45, 7) is 0. The van der Waals surface area contributed by atoms with Gasteiger partial charge in [0.25, 0.3) is 0 Å². The third kappa shape index (κ3) is 2.94. The molecule has 0 bridgehead atoms. The summed E-state index contributed by atoms with van der Waals surface area (Å²) < 4.78 is 10.6. The van der Waals surface area contributed by atoms with Gasteiger partial charge in [-0.2, -0.15) is 0 Å². The molecule has 98 valence electrons. The molecule has 0 radical (unpaired) electrons. The largest absolute Gasteiger partial charge is 0.497 e. The number of rotatable bonds is 3. The van der Waals surface area contributed by atoms with Crippen molar-refractivity contribution in [1.82, 2.24) is 0 Å². The maximum atomic E-state index is 12.0. The predicted molar refractivity (Wildman–Crippen MR) is 69.7 cm³/mol. The second-order valence-electron chi connectivity index (χ2n) is 4.62. The first-order valence-electron chi connectivity index (χ1n) is 6.35. The molecule has 4 heteroatoms. The van der Waals surface area contributed by atoms with E-state index in [1.54, 1.807) is 25.3 Å². The van der Waals surface area contributed by atoms with Crippen LogP contribution >= 0.6 is 0 Å². The Labute approximate surface area is 107 Å². The lowest BCUT2D eigenvalue weighted by Crippen LogP contribution is -2.21. The standard InChI is InChI=1S/C14H19NO3/c1-17-11-7-8-13(15)12(9-11)14(16)18-10-5-3-2-4-6-10/h7-10H,2-6,15H2,1H3. The van der Waals surface area contributed by atoms with Crippen molar-refractivity contribution in [2.45, 2.75) is 38.2 Å². The van der Waals surface area contributed by atoms with E-state index in [2.05, 4.69) is 0 Å². The van der Waals surface area contributed by atoms with Gasteiger partial charge in [-0.1, -0.05) is 6.42 Å². The van der Waals surface area contributed by atoms with Gasteiger partial charge in [-0.15, -0.1) is 0 Å². The quantitative estimate of drug-likeness (QED) is 0.661. The molecule has 18 heavy (non-hydrogen) atoms. The molecule has 1 aromatic carbocycles. The highest BCUT2D eigenvalue weighted by atomic mass is 16.5. The molecule has 0 aliphatic heterocycles. The van der Waals surface area contributed by atoms with E-state index in [9.17, 15) is 4.79 Å². The average Bonchev–Trinajstić information content (AvgIpc) is 2.40. The first kappa shape index (κ1) is 12.7. The minimum absolute atomic E-state index is 0.0388. The van der Waals surface area contributed by atoms with E-state index in [0.29, 0.717) is 17.0 Å². The van der Waals surface area contributed by atoms with Crippen molar-refractivity contribution in [2.24, 2.45) is 0 Å². The number of methoxy groups -OCH3 is 1. The molecule has 1 aliphatic carbocycles. The zero-order chi connectivity index (χ0) is 13.0. The average molecular weight is 249 g/mol. The number of benzene rings is 1. The van der Waals surface area contributed by atoms with Gasteiger partial charge < -0.3 is 15.2 Å². The van der Waals surface area contributed by atoms with E-state index >= 15 is 0 Å². The molecule has 0 spiro atoms. The van der Waals surface area contributed by atoms with Crippen molar-refractivity contribution in [3.63, 3.8) is 0 Å². The zero-order valence-electron chi connectivity index (χ0n) is 10.6. The Morgan fingerprint density at radius 2 is 2.00 bits per heavy atom. The molecule has 4 nitrogen and oxygen atoms in total. The number of nitrogens with two attached hydrogens (primary N) is 1. The summed E-state index contributed by atoms with van der Waals surface area (Å²) >= 11 is 0. The van der Waals surface area contributed by atoms with E-state index < -0.39 is 0 Å². The van der Waals surface area contributed by atoms with E-state index in [1.807, 2.05) is 0 Å². The van der Waals surface area contributed by atoms with Gasteiger partial charge in [0.05, 0.1) is 12.7 Å². The van der Waals surface area contributed by atoms with Crippen LogP contribution < -0.4 is 10.5 Å². The smallest absolute Gasteiger partial charge is 0.340 e. The normalized spacial score (nSPS) is 16.3. The molecule has 0 heterocycles. The molecule has 2 N–H and O–H groups in total. The summed E-state index contributed by atoms with van der Waals surface area (Å²) in [5, 5.41) is 0. The molecule has 0 saturated heterocycles. The van der Waals surface area contributed by atoms with E-state index in [-0.39, 0.29) is 12.1 Å². The van der Waals surface area contributed by atoms with Crippen molar-refractivity contribution in [3.05, 3.63) is 23.8 Å². The maximum absolute atomic E-state index is 12.0. The summed E-state index contributed by atoms with van der Waals surface area (Å²) in [5.41, 5.74) is 6.61. The van der Waals surface area contributed by atoms with Crippen LogP contribution in [0.2, 0.25) is 0 Å². The highest BCUT2D eigenvalue weighted by Crippen LogP contribution is 2.24. The Balaban J connectivity index is 2.07. The molecule has 1 fully saturated rings. The van der Waals surface area contributed by atoms with Crippen molar-refractivity contribution in [3.8, 4) is 5.75 Å². The van der Waals surface area contributed by atoms with E-state index in [0.717, 1.165) is 25.7 Å². The van der Waals surface area contributed by atoms with Gasteiger partial charge in [-0.25, -0.2) is 4.79 Å². The first-order chi connectivity index (χ1) is 8.70. The number of hydrogen-bond acceptors (Lipinski definition) is 4. The summed E-state index contributed by atoms with van der Waals surface area (Å²) in [6.07, 6.45) is 5.44. The fraction of sp³-hybridized carbons (Fsp3) is 0.500. The van der Waals surface area contributed by atoms with E-state index in [4.69, 9.17) is 15.2 Å². The van der Waals surface area contributed by atoms with Gasteiger partial charge >= 0.3 is 5.97 Å². The summed E-state index contributed by atoms with van der Waals surface area (Å²) in [5.74, 6) is 0.262. The van der Waals surface area contributed by atoms with Gasteiger partial charge in [0.15, 0.2) is 0 Å². The molecule has 0 atom stereocenters. The Morgan fingerprint density at radius 1 is 1.28 bits per heavy atom. The highest BCUT2D eigenvalue weighted by molar-refractivity contribution is 5.95. The molecule has 0 unspecified atom stereocenters. The summed E-state index contributed by atoms with van der Waals surface area (Å²) in [7, 11) is 1.56. The maximum Gasteiger partial charge on any atom is 0.340 e. The Kier molecular flexibility index (Phi) is 4.07. The molecule has 0 aromatic heterocycles. The number of hydrogen-bond donors (Lipinski definition) is 1. The lowest BCUT2D eigenvalue weighted by molar-refractivity contribution is 0.0212. The first-order valence-corrected chi connectivity index (χ1v) is 6.35. The summed E-state index contributed by atoms with van der Waals surface area (Å²) in [6, 6.07) is 5.02. The molecule has 1 saturated carbocycles. The number of nitrogen functional groups attached to an aromatic ring is 1. The second kappa shape index (κ2) is 5.76. The van der Waals surface area contributed by atoms with Crippen molar-refractivity contribution in [1.29, 1.82) is 0 Å². The topological polar surface area (TPSA) is 61.5 Å². The molecule has 0 amide bonds. The van der Waals surface area contributed by atoms with Crippen LogP contribution in [0.15, 0.2) is 18.2 Å². The van der Waals surface area contributed by atoms with Crippen LogP contribution in [0.3, 0.4) is 0 Å². The SMILES string of the molecule is COc1ccc(N)c(C(=O)OC2CCCCC2)c1. The highest BCUT2D eigenvalue weighted by Gasteiger charge is 2.20. The van der Waals surface area contributed by atoms with E-state index in [1.165, 1.54) is 6.42 Å². The molecule has 1 aromatic rings. The fourth-order valence-electron chi connectivity index (χ4n) is 2.24. The van der Waals surface area contributed by atoms with Crippen molar-refractivity contribution in [2.75, 3.05) is 12.8 Å². The number of ether oxygens (including phenoxy) is 2. The van der Waals surface area contributed by atoms with Crippen LogP contribution in [0.4, 0.5) is 5.69 Å². The van der Waals surface area contributed by atoms with Crippen molar-refractivity contribution >= 4 is 11.7 Å². The Morgan fingerprint density at radius 3 is 2.67 bits per heavy atom. The Hall–Kier alpha value is -1.71. The number of carbonyl (C=O) groups is 1. The minimum Gasteiger partial charge on any atom is -0.497 e. The van der Waals surface area contributed by atoms with Crippen LogP contribution in [0.5, 0.6) is 5.75 Å². The van der Waals surface area contributed by atoms with Crippen LogP contribution in [-0.2, 0) is 4.74 Å². The van der Waals surface area contributed by atoms with Gasteiger partial charge in [0.1, 0.15) is 11.9 Å². The molecular formula is C14H19NO3. The molecule has 2 rings (SSSR count). The molecule has 1 aliphatic rings. The van der Waals surface area contributed by atoms with Crippen molar-refractivity contribution < 1.29 is 14.3 Å². The lowest BCUT2D eigenvalue weighted by Gasteiger charge is -2.22. The monoisotopic (exact) mass is 249 g/mol. The van der Waals surface area contributed by atoms with Crippen LogP contribution in [0, 0.1) is 0 Å². The third-order valence-corrected chi connectivity index (χ3v) is 3.31. The Bertz CT molecular complexity index is 425. The lowest BCUT2D eigenvalue weighted by atomic mass is 9.98. The van der Waals surface area contributed by atoms with Gasteiger partial charge in [0, 0.05) is 5.69 Å².